The van der Waals surface area contributed by atoms with Gasteiger partial charge >= 0.3 is 0 Å². The molecule has 0 amide bonds. The van der Waals surface area contributed by atoms with Crippen LogP contribution in [-0.4, -0.2) is 18.8 Å². The molecule has 0 spiro atoms. The van der Waals surface area contributed by atoms with Gasteiger partial charge in [0.05, 0.1) is 13.2 Å². The summed E-state index contributed by atoms with van der Waals surface area (Å²) in [5.41, 5.74) is 8.48. The maximum atomic E-state index is 10.7. The van der Waals surface area contributed by atoms with Gasteiger partial charge in [-0.2, -0.15) is 0 Å². The summed E-state index contributed by atoms with van der Waals surface area (Å²) in [5.74, 6) is 0.563. The fourth-order valence-corrected chi connectivity index (χ4v) is 2.65. The van der Waals surface area contributed by atoms with Crippen LogP contribution in [0, 0.1) is 6.92 Å². The van der Waals surface area contributed by atoms with Gasteiger partial charge in [0.25, 0.3) is 0 Å². The molecule has 0 bridgehead atoms. The quantitative estimate of drug-likeness (QED) is 0.890. The van der Waals surface area contributed by atoms with E-state index in [1.165, 1.54) is 0 Å². The summed E-state index contributed by atoms with van der Waals surface area (Å²) >= 11 is 6.30. The highest BCUT2D eigenvalue weighted by molar-refractivity contribution is 6.32. The van der Waals surface area contributed by atoms with Crippen molar-refractivity contribution >= 4 is 11.6 Å². The second kappa shape index (κ2) is 6.94. The van der Waals surface area contributed by atoms with E-state index < -0.39 is 6.10 Å². The van der Waals surface area contributed by atoms with E-state index in [2.05, 4.69) is 0 Å². The molecule has 0 saturated carbocycles. The Kier molecular flexibility index (Phi) is 5.23. The van der Waals surface area contributed by atoms with E-state index in [-0.39, 0.29) is 5.92 Å². The van der Waals surface area contributed by atoms with E-state index in [0.29, 0.717) is 17.1 Å². The molecule has 2 aromatic rings. The number of aliphatic hydroxyl groups excluding tert-OH is 1. The fourth-order valence-electron chi connectivity index (χ4n) is 2.41. The van der Waals surface area contributed by atoms with E-state index in [0.717, 1.165) is 16.9 Å². The molecule has 3 N–H and O–H groups in total. The average molecular weight is 306 g/mol. The monoisotopic (exact) mass is 305 g/mol. The van der Waals surface area contributed by atoms with Gasteiger partial charge in [-0.05, 0) is 30.2 Å². The summed E-state index contributed by atoms with van der Waals surface area (Å²) in [7, 11) is 1.62. The summed E-state index contributed by atoms with van der Waals surface area (Å²) in [5, 5.41) is 11.3. The molecule has 4 heteroatoms. The van der Waals surface area contributed by atoms with Crippen LogP contribution in [0.1, 0.15) is 28.7 Å². The molecule has 0 heterocycles. The highest BCUT2D eigenvalue weighted by Gasteiger charge is 2.23. The van der Waals surface area contributed by atoms with Gasteiger partial charge in [-0.1, -0.05) is 41.9 Å². The Hall–Kier alpha value is -1.55. The summed E-state index contributed by atoms with van der Waals surface area (Å²) in [4.78, 5) is 0. The normalized spacial score (nSPS) is 13.8. The number of aliphatic hydroxyl groups is 1. The SMILES string of the molecule is COc1ccc(C(CN)C(O)c2cccc(C)c2Cl)cc1. The van der Waals surface area contributed by atoms with Crippen LogP contribution in [0.5, 0.6) is 5.75 Å². The number of ether oxygens (including phenoxy) is 1. The first kappa shape index (κ1) is 15.8. The summed E-state index contributed by atoms with van der Waals surface area (Å²) < 4.78 is 5.15. The molecule has 0 aliphatic carbocycles. The molecule has 3 nitrogen and oxygen atoms in total. The molecule has 2 aromatic carbocycles. The predicted octanol–water partition coefficient (Wildman–Crippen LogP) is 3.43. The van der Waals surface area contributed by atoms with Crippen molar-refractivity contribution < 1.29 is 9.84 Å². The molecule has 0 aliphatic rings. The number of methoxy groups -OCH3 is 1. The Morgan fingerprint density at radius 1 is 1.19 bits per heavy atom. The molecule has 0 aromatic heterocycles. The Balaban J connectivity index is 2.33. The van der Waals surface area contributed by atoms with Crippen LogP contribution in [0.25, 0.3) is 0 Å². The first-order valence-corrected chi connectivity index (χ1v) is 7.23. The summed E-state index contributed by atoms with van der Waals surface area (Å²) in [6.45, 7) is 2.25. The van der Waals surface area contributed by atoms with Crippen molar-refractivity contribution in [2.75, 3.05) is 13.7 Å². The number of hydrogen-bond donors (Lipinski definition) is 2. The van der Waals surface area contributed by atoms with Gasteiger partial charge in [0.15, 0.2) is 0 Å². The smallest absolute Gasteiger partial charge is 0.118 e. The maximum Gasteiger partial charge on any atom is 0.118 e. The van der Waals surface area contributed by atoms with Crippen LogP contribution in [0.3, 0.4) is 0 Å². The summed E-state index contributed by atoms with van der Waals surface area (Å²) in [6, 6.07) is 13.2. The molecule has 0 aliphatic heterocycles. The third-order valence-corrected chi connectivity index (χ3v) is 4.24. The lowest BCUT2D eigenvalue weighted by molar-refractivity contribution is 0.147. The molecule has 112 valence electrons. The minimum Gasteiger partial charge on any atom is -0.497 e. The second-order valence-corrected chi connectivity index (χ2v) is 5.42. The van der Waals surface area contributed by atoms with Gasteiger partial charge in [-0.25, -0.2) is 0 Å². The van der Waals surface area contributed by atoms with Crippen molar-refractivity contribution in [1.29, 1.82) is 0 Å². The van der Waals surface area contributed by atoms with Crippen molar-refractivity contribution in [3.63, 3.8) is 0 Å². The first-order valence-electron chi connectivity index (χ1n) is 6.85. The number of halogens is 1. The van der Waals surface area contributed by atoms with Crippen LogP contribution in [-0.2, 0) is 0 Å². The minimum absolute atomic E-state index is 0.213. The van der Waals surface area contributed by atoms with Crippen molar-refractivity contribution in [2.24, 2.45) is 5.73 Å². The third-order valence-electron chi connectivity index (χ3n) is 3.72. The molecular weight excluding hydrogens is 286 g/mol. The van der Waals surface area contributed by atoms with Gasteiger partial charge in [-0.3, -0.25) is 0 Å². The van der Waals surface area contributed by atoms with E-state index in [9.17, 15) is 5.11 Å². The van der Waals surface area contributed by atoms with E-state index in [1.54, 1.807) is 7.11 Å². The molecule has 0 saturated heterocycles. The Bertz CT molecular complexity index is 598. The van der Waals surface area contributed by atoms with Crippen LogP contribution in [0.15, 0.2) is 42.5 Å². The molecular formula is C17H20ClNO2. The standard InChI is InChI=1S/C17H20ClNO2/c1-11-4-3-5-14(16(11)18)17(20)15(10-19)12-6-8-13(21-2)9-7-12/h3-9,15,17,20H,10,19H2,1-2H3. The molecule has 2 unspecified atom stereocenters. The van der Waals surface area contributed by atoms with Crippen molar-refractivity contribution in [3.05, 3.63) is 64.2 Å². The molecule has 0 radical (unpaired) electrons. The maximum absolute atomic E-state index is 10.7. The highest BCUT2D eigenvalue weighted by atomic mass is 35.5. The first-order chi connectivity index (χ1) is 10.1. The van der Waals surface area contributed by atoms with Gasteiger partial charge in [0.1, 0.15) is 5.75 Å². The molecule has 2 atom stereocenters. The lowest BCUT2D eigenvalue weighted by Crippen LogP contribution is -2.20. The van der Waals surface area contributed by atoms with Crippen LogP contribution in [0.2, 0.25) is 5.02 Å². The Morgan fingerprint density at radius 3 is 2.43 bits per heavy atom. The predicted molar refractivity (Wildman–Crippen MR) is 85.9 cm³/mol. The van der Waals surface area contributed by atoms with Crippen molar-refractivity contribution in [2.45, 2.75) is 18.9 Å². The number of nitrogens with two attached hydrogens (primary N) is 1. The van der Waals surface area contributed by atoms with Gasteiger partial charge in [-0.15, -0.1) is 0 Å². The van der Waals surface area contributed by atoms with Gasteiger partial charge < -0.3 is 15.6 Å². The highest BCUT2D eigenvalue weighted by Crippen LogP contribution is 2.35. The zero-order chi connectivity index (χ0) is 15.4. The zero-order valence-electron chi connectivity index (χ0n) is 12.2. The van der Waals surface area contributed by atoms with E-state index >= 15 is 0 Å². The third kappa shape index (κ3) is 3.38. The van der Waals surface area contributed by atoms with Gasteiger partial charge in [0, 0.05) is 23.0 Å². The lowest BCUT2D eigenvalue weighted by atomic mass is 9.88. The molecule has 2 rings (SSSR count). The van der Waals surface area contributed by atoms with E-state index in [4.69, 9.17) is 22.1 Å². The minimum atomic E-state index is -0.740. The number of benzene rings is 2. The summed E-state index contributed by atoms with van der Waals surface area (Å²) in [6.07, 6.45) is -0.740. The van der Waals surface area contributed by atoms with E-state index in [1.807, 2.05) is 49.4 Å². The Morgan fingerprint density at radius 2 is 1.86 bits per heavy atom. The Labute approximate surface area is 130 Å². The zero-order valence-corrected chi connectivity index (χ0v) is 13.0. The van der Waals surface area contributed by atoms with Crippen LogP contribution < -0.4 is 10.5 Å². The average Bonchev–Trinajstić information content (AvgIpc) is 2.51. The number of hydrogen-bond acceptors (Lipinski definition) is 3. The second-order valence-electron chi connectivity index (χ2n) is 5.04. The van der Waals surface area contributed by atoms with Crippen LogP contribution >= 0.6 is 11.6 Å². The topological polar surface area (TPSA) is 55.5 Å². The van der Waals surface area contributed by atoms with Crippen molar-refractivity contribution in [1.82, 2.24) is 0 Å². The van der Waals surface area contributed by atoms with Crippen molar-refractivity contribution in [3.8, 4) is 5.75 Å². The number of rotatable bonds is 5. The molecule has 21 heavy (non-hydrogen) atoms. The molecule has 0 fully saturated rings. The van der Waals surface area contributed by atoms with Crippen LogP contribution in [0.4, 0.5) is 0 Å². The lowest BCUT2D eigenvalue weighted by Gasteiger charge is -2.24. The van der Waals surface area contributed by atoms with Gasteiger partial charge in [0.2, 0.25) is 0 Å². The number of aryl methyl sites for hydroxylation is 1. The largest absolute Gasteiger partial charge is 0.497 e. The fraction of sp³-hybridized carbons (Fsp3) is 0.294.